The summed E-state index contributed by atoms with van der Waals surface area (Å²) in [4.78, 5) is 26.6. The minimum Gasteiger partial charge on any atom is -0.459 e. The van der Waals surface area contributed by atoms with Gasteiger partial charge in [-0.3, -0.25) is 20.4 Å². The molecule has 3 aromatic rings. The molecule has 106 valence electrons. The van der Waals surface area contributed by atoms with Crippen LogP contribution in [0.25, 0.3) is 10.9 Å². The molecule has 0 aliphatic carbocycles. The zero-order chi connectivity index (χ0) is 14.7. The number of hydrogen-bond donors (Lipinski definition) is 3. The lowest BCUT2D eigenvalue weighted by Gasteiger charge is -2.05. The normalized spacial score (nSPS) is 10.5. The van der Waals surface area contributed by atoms with Crippen molar-refractivity contribution in [2.24, 2.45) is 0 Å². The number of benzene rings is 1. The van der Waals surface area contributed by atoms with Crippen LogP contribution in [0.4, 0.5) is 0 Å². The number of rotatable bonds is 3. The van der Waals surface area contributed by atoms with E-state index >= 15 is 0 Å². The lowest BCUT2D eigenvalue weighted by atomic mass is 10.1. The molecule has 2 heterocycles. The molecule has 0 radical (unpaired) electrons. The topological polar surface area (TPSA) is 87.1 Å². The van der Waals surface area contributed by atoms with Crippen LogP contribution in [0.5, 0.6) is 0 Å². The largest absolute Gasteiger partial charge is 0.459 e. The quantitative estimate of drug-likeness (QED) is 0.640. The minimum absolute atomic E-state index is 0.141. The van der Waals surface area contributed by atoms with E-state index in [9.17, 15) is 9.59 Å². The van der Waals surface area contributed by atoms with E-state index in [1.165, 1.54) is 12.3 Å². The van der Waals surface area contributed by atoms with E-state index in [4.69, 9.17) is 4.42 Å². The molecule has 0 aliphatic heterocycles. The molecule has 0 bridgehead atoms. The summed E-state index contributed by atoms with van der Waals surface area (Å²) in [5, 5.41) is 0.991. The number of hydrogen-bond acceptors (Lipinski definition) is 3. The van der Waals surface area contributed by atoms with Gasteiger partial charge in [0.25, 0.3) is 0 Å². The Morgan fingerprint density at radius 1 is 1.10 bits per heavy atom. The summed E-state index contributed by atoms with van der Waals surface area (Å²) in [6.07, 6.45) is 3.35. The SMILES string of the molecule is O=C(Cc1c[nH]c2ccccc12)NNC(=O)c1ccco1. The van der Waals surface area contributed by atoms with Gasteiger partial charge >= 0.3 is 5.91 Å². The molecule has 21 heavy (non-hydrogen) atoms. The number of aromatic nitrogens is 1. The zero-order valence-electron chi connectivity index (χ0n) is 11.1. The van der Waals surface area contributed by atoms with Crippen molar-refractivity contribution < 1.29 is 14.0 Å². The van der Waals surface area contributed by atoms with Crippen molar-refractivity contribution in [3.05, 3.63) is 60.2 Å². The second-order valence-corrected chi connectivity index (χ2v) is 4.52. The van der Waals surface area contributed by atoms with Gasteiger partial charge < -0.3 is 9.40 Å². The van der Waals surface area contributed by atoms with Gasteiger partial charge in [-0.15, -0.1) is 0 Å². The van der Waals surface area contributed by atoms with Crippen LogP contribution in [-0.2, 0) is 11.2 Å². The predicted octanol–water partition coefficient (Wildman–Crippen LogP) is 1.76. The summed E-state index contributed by atoms with van der Waals surface area (Å²) < 4.78 is 4.92. The van der Waals surface area contributed by atoms with Gasteiger partial charge in [-0.25, -0.2) is 0 Å². The highest BCUT2D eigenvalue weighted by atomic mass is 16.3. The Kier molecular flexibility index (Phi) is 3.42. The fraction of sp³-hybridized carbons (Fsp3) is 0.0667. The monoisotopic (exact) mass is 283 g/mol. The van der Waals surface area contributed by atoms with Crippen LogP contribution in [0, 0.1) is 0 Å². The number of furan rings is 1. The maximum absolute atomic E-state index is 11.9. The summed E-state index contributed by atoms with van der Waals surface area (Å²) in [6, 6.07) is 10.8. The van der Waals surface area contributed by atoms with E-state index in [0.717, 1.165) is 16.5 Å². The molecular formula is C15H13N3O3. The molecule has 6 nitrogen and oxygen atoms in total. The summed E-state index contributed by atoms with van der Waals surface area (Å²) in [6.45, 7) is 0. The molecule has 0 atom stereocenters. The van der Waals surface area contributed by atoms with Crippen molar-refractivity contribution in [3.63, 3.8) is 0 Å². The van der Waals surface area contributed by atoms with Crippen LogP contribution in [0.3, 0.4) is 0 Å². The van der Waals surface area contributed by atoms with Gasteiger partial charge in [-0.05, 0) is 23.8 Å². The molecule has 0 aliphatic rings. The van der Waals surface area contributed by atoms with Crippen molar-refractivity contribution in [2.75, 3.05) is 0 Å². The van der Waals surface area contributed by atoms with E-state index in [2.05, 4.69) is 15.8 Å². The molecule has 2 aromatic heterocycles. The van der Waals surface area contributed by atoms with Crippen LogP contribution in [-0.4, -0.2) is 16.8 Å². The Balaban J connectivity index is 1.60. The summed E-state index contributed by atoms with van der Waals surface area (Å²) in [7, 11) is 0. The number of para-hydroxylation sites is 1. The predicted molar refractivity (Wildman–Crippen MR) is 76.3 cm³/mol. The molecule has 2 amide bonds. The fourth-order valence-corrected chi connectivity index (χ4v) is 2.09. The Hall–Kier alpha value is -3.02. The molecule has 0 saturated carbocycles. The molecule has 0 unspecified atom stereocenters. The number of H-pyrrole nitrogens is 1. The number of aromatic amines is 1. The summed E-state index contributed by atoms with van der Waals surface area (Å²) in [5.41, 5.74) is 6.51. The highest BCUT2D eigenvalue weighted by molar-refractivity contribution is 5.94. The van der Waals surface area contributed by atoms with E-state index in [1.807, 2.05) is 24.3 Å². The van der Waals surface area contributed by atoms with E-state index in [1.54, 1.807) is 12.3 Å². The first-order chi connectivity index (χ1) is 10.2. The van der Waals surface area contributed by atoms with Crippen LogP contribution in [0.15, 0.2) is 53.3 Å². The third kappa shape index (κ3) is 2.79. The van der Waals surface area contributed by atoms with E-state index < -0.39 is 5.91 Å². The van der Waals surface area contributed by atoms with Crippen LogP contribution < -0.4 is 10.9 Å². The maximum atomic E-state index is 11.9. The zero-order valence-corrected chi connectivity index (χ0v) is 11.1. The highest BCUT2D eigenvalue weighted by Crippen LogP contribution is 2.17. The second kappa shape index (κ2) is 5.54. The lowest BCUT2D eigenvalue weighted by Crippen LogP contribution is -2.42. The highest BCUT2D eigenvalue weighted by Gasteiger charge is 2.11. The third-order valence-electron chi connectivity index (χ3n) is 3.09. The number of carbonyl (C=O) groups excluding carboxylic acids is 2. The Morgan fingerprint density at radius 3 is 2.76 bits per heavy atom. The summed E-state index contributed by atoms with van der Waals surface area (Å²) in [5.74, 6) is -0.658. The van der Waals surface area contributed by atoms with Crippen LogP contribution in [0.1, 0.15) is 16.1 Å². The Bertz CT molecular complexity index is 774. The van der Waals surface area contributed by atoms with Gasteiger partial charge in [0.1, 0.15) is 0 Å². The average molecular weight is 283 g/mol. The van der Waals surface area contributed by atoms with Crippen LogP contribution in [0.2, 0.25) is 0 Å². The molecule has 0 spiro atoms. The molecule has 1 aromatic carbocycles. The first-order valence-corrected chi connectivity index (χ1v) is 6.42. The molecule has 3 rings (SSSR count). The van der Waals surface area contributed by atoms with Gasteiger partial charge in [-0.1, -0.05) is 18.2 Å². The smallest absolute Gasteiger partial charge is 0.305 e. The summed E-state index contributed by atoms with van der Waals surface area (Å²) >= 11 is 0. The van der Waals surface area contributed by atoms with Crippen molar-refractivity contribution in [1.82, 2.24) is 15.8 Å². The first-order valence-electron chi connectivity index (χ1n) is 6.42. The molecule has 6 heteroatoms. The van der Waals surface area contributed by atoms with Crippen molar-refractivity contribution in [2.45, 2.75) is 6.42 Å². The number of hydrazine groups is 1. The first kappa shape index (κ1) is 13.0. The van der Waals surface area contributed by atoms with Crippen LogP contribution >= 0.6 is 0 Å². The van der Waals surface area contributed by atoms with E-state index in [0.29, 0.717) is 0 Å². The molecule has 0 saturated heterocycles. The maximum Gasteiger partial charge on any atom is 0.305 e. The van der Waals surface area contributed by atoms with Gasteiger partial charge in [0.2, 0.25) is 5.91 Å². The van der Waals surface area contributed by atoms with Crippen molar-refractivity contribution in [3.8, 4) is 0 Å². The standard InChI is InChI=1S/C15H13N3O3/c19-14(17-18-15(20)13-6-3-7-21-13)8-10-9-16-12-5-2-1-4-11(10)12/h1-7,9,16H,8H2,(H,17,19)(H,18,20). The van der Waals surface area contributed by atoms with Crippen molar-refractivity contribution in [1.29, 1.82) is 0 Å². The van der Waals surface area contributed by atoms with Gasteiger partial charge in [0.15, 0.2) is 5.76 Å². The number of nitrogens with one attached hydrogen (secondary N) is 3. The van der Waals surface area contributed by atoms with Gasteiger partial charge in [0.05, 0.1) is 12.7 Å². The number of carbonyl (C=O) groups is 2. The van der Waals surface area contributed by atoms with Crippen molar-refractivity contribution >= 4 is 22.7 Å². The molecule has 3 N–H and O–H groups in total. The van der Waals surface area contributed by atoms with E-state index in [-0.39, 0.29) is 18.1 Å². The lowest BCUT2D eigenvalue weighted by molar-refractivity contribution is -0.121. The molecular weight excluding hydrogens is 270 g/mol. The Morgan fingerprint density at radius 2 is 1.95 bits per heavy atom. The number of amides is 2. The van der Waals surface area contributed by atoms with Gasteiger partial charge in [0, 0.05) is 17.1 Å². The Labute approximate surface area is 120 Å². The number of fused-ring (bicyclic) bond motifs is 1. The minimum atomic E-state index is -0.493. The van der Waals surface area contributed by atoms with Gasteiger partial charge in [-0.2, -0.15) is 0 Å². The fourth-order valence-electron chi connectivity index (χ4n) is 2.09. The average Bonchev–Trinajstić information content (AvgIpc) is 3.15. The molecule has 0 fully saturated rings. The third-order valence-corrected chi connectivity index (χ3v) is 3.09. The second-order valence-electron chi connectivity index (χ2n) is 4.52.